The maximum absolute atomic E-state index is 12.1. The van der Waals surface area contributed by atoms with Crippen molar-refractivity contribution in [2.75, 3.05) is 6.54 Å². The Labute approximate surface area is 150 Å². The molecule has 2 aliphatic carbocycles. The Balaban J connectivity index is 1.37. The molecule has 1 saturated carbocycles. The number of hydrogen-bond donors (Lipinski definition) is 2. The molecule has 2 N–H and O–H groups in total. The van der Waals surface area contributed by atoms with Crippen molar-refractivity contribution in [2.45, 2.75) is 76.7 Å². The van der Waals surface area contributed by atoms with Crippen LogP contribution in [0.25, 0.3) is 0 Å². The van der Waals surface area contributed by atoms with E-state index in [1.165, 1.54) is 43.2 Å². The molecule has 0 saturated heterocycles. The van der Waals surface area contributed by atoms with Gasteiger partial charge in [0.05, 0.1) is 6.42 Å². The van der Waals surface area contributed by atoms with Crippen LogP contribution in [-0.2, 0) is 28.9 Å². The Kier molecular flexibility index (Phi) is 6.48. The number of carbonyl (C=O) groups is 2. The number of benzene rings is 1. The van der Waals surface area contributed by atoms with Gasteiger partial charge >= 0.3 is 0 Å². The number of aryl methyl sites for hydroxylation is 2. The monoisotopic (exact) mass is 342 g/mol. The van der Waals surface area contributed by atoms with Gasteiger partial charge in [0.15, 0.2) is 0 Å². The second kappa shape index (κ2) is 9.02. The third-order valence-corrected chi connectivity index (χ3v) is 5.42. The van der Waals surface area contributed by atoms with E-state index in [1.807, 2.05) is 0 Å². The number of rotatable bonds is 6. The van der Waals surface area contributed by atoms with E-state index in [2.05, 4.69) is 28.8 Å². The van der Waals surface area contributed by atoms with Crippen LogP contribution in [0.4, 0.5) is 0 Å². The molecule has 0 aromatic heterocycles. The molecule has 136 valence electrons. The quantitative estimate of drug-likeness (QED) is 0.835. The lowest BCUT2D eigenvalue weighted by atomic mass is 9.90. The van der Waals surface area contributed by atoms with Gasteiger partial charge in [-0.25, -0.2) is 0 Å². The minimum absolute atomic E-state index is 0.00114. The fourth-order valence-corrected chi connectivity index (χ4v) is 4.01. The Hall–Kier alpha value is -1.84. The highest BCUT2D eigenvalue weighted by Crippen LogP contribution is 2.22. The van der Waals surface area contributed by atoms with Crippen molar-refractivity contribution in [3.63, 3.8) is 0 Å². The predicted octanol–water partition coefficient (Wildman–Crippen LogP) is 3.06. The fourth-order valence-electron chi connectivity index (χ4n) is 4.01. The first-order chi connectivity index (χ1) is 12.2. The molecule has 25 heavy (non-hydrogen) atoms. The van der Waals surface area contributed by atoms with E-state index in [0.29, 0.717) is 25.4 Å². The molecule has 3 rings (SSSR count). The summed E-state index contributed by atoms with van der Waals surface area (Å²) in [6.45, 7) is 0.419. The first-order valence-electron chi connectivity index (χ1n) is 9.87. The molecule has 4 heteroatoms. The molecule has 0 spiro atoms. The van der Waals surface area contributed by atoms with Gasteiger partial charge in [-0.3, -0.25) is 9.59 Å². The lowest BCUT2D eigenvalue weighted by Gasteiger charge is -2.22. The number of amides is 2. The highest BCUT2D eigenvalue weighted by atomic mass is 16.2. The maximum Gasteiger partial charge on any atom is 0.224 e. The zero-order valence-electron chi connectivity index (χ0n) is 15.1. The molecule has 0 atom stereocenters. The lowest BCUT2D eigenvalue weighted by Crippen LogP contribution is -2.38. The summed E-state index contributed by atoms with van der Waals surface area (Å²) in [5.41, 5.74) is 3.92. The van der Waals surface area contributed by atoms with Crippen molar-refractivity contribution in [3.8, 4) is 0 Å². The molecule has 0 heterocycles. The average Bonchev–Trinajstić information content (AvgIpc) is 2.62. The zero-order chi connectivity index (χ0) is 17.5. The first-order valence-corrected chi connectivity index (χ1v) is 9.87. The minimum atomic E-state index is 0.00114. The number of carbonyl (C=O) groups excluding carboxylic acids is 2. The first kappa shape index (κ1) is 18.0. The Morgan fingerprint density at radius 2 is 1.68 bits per heavy atom. The number of hydrogen-bond acceptors (Lipinski definition) is 2. The van der Waals surface area contributed by atoms with E-state index < -0.39 is 0 Å². The summed E-state index contributed by atoms with van der Waals surface area (Å²) < 4.78 is 0. The summed E-state index contributed by atoms with van der Waals surface area (Å²) in [4.78, 5) is 24.1. The summed E-state index contributed by atoms with van der Waals surface area (Å²) in [7, 11) is 0. The normalized spacial score (nSPS) is 17.6. The molecular formula is C21H30N2O2. The SMILES string of the molecule is O=C(Cc1ccc2c(c1)CCCC2)NCCC(=O)NC1CCCCC1. The van der Waals surface area contributed by atoms with E-state index in [-0.39, 0.29) is 11.8 Å². The van der Waals surface area contributed by atoms with Crippen molar-refractivity contribution >= 4 is 11.8 Å². The highest BCUT2D eigenvalue weighted by molar-refractivity contribution is 5.80. The molecule has 4 nitrogen and oxygen atoms in total. The summed E-state index contributed by atoms with van der Waals surface area (Å²) in [6.07, 6.45) is 11.5. The second-order valence-corrected chi connectivity index (χ2v) is 7.49. The maximum atomic E-state index is 12.1. The summed E-state index contributed by atoms with van der Waals surface area (Å²) in [5.74, 6) is 0.0576. The van der Waals surface area contributed by atoms with Gasteiger partial charge in [0.1, 0.15) is 0 Å². The Bertz CT molecular complexity index is 606. The third kappa shape index (κ3) is 5.58. The van der Waals surface area contributed by atoms with Gasteiger partial charge < -0.3 is 10.6 Å². The Morgan fingerprint density at radius 1 is 0.920 bits per heavy atom. The molecule has 0 bridgehead atoms. The van der Waals surface area contributed by atoms with E-state index in [9.17, 15) is 9.59 Å². The van der Waals surface area contributed by atoms with Crippen LogP contribution in [0.3, 0.4) is 0 Å². The molecule has 2 aliphatic rings. The standard InChI is InChI=1S/C21H30N2O2/c24-20(23-19-8-2-1-3-9-19)12-13-22-21(25)15-16-10-11-17-6-4-5-7-18(17)14-16/h10-11,14,19H,1-9,12-13,15H2,(H,22,25)(H,23,24). The largest absolute Gasteiger partial charge is 0.355 e. The molecular weight excluding hydrogens is 312 g/mol. The second-order valence-electron chi connectivity index (χ2n) is 7.49. The number of fused-ring (bicyclic) bond motifs is 1. The van der Waals surface area contributed by atoms with E-state index >= 15 is 0 Å². The van der Waals surface area contributed by atoms with Crippen molar-refractivity contribution < 1.29 is 9.59 Å². The van der Waals surface area contributed by atoms with E-state index in [0.717, 1.165) is 31.2 Å². The van der Waals surface area contributed by atoms with Gasteiger partial charge in [-0.2, -0.15) is 0 Å². The van der Waals surface area contributed by atoms with Gasteiger partial charge in [-0.05, 0) is 55.2 Å². The van der Waals surface area contributed by atoms with Crippen LogP contribution < -0.4 is 10.6 Å². The summed E-state index contributed by atoms with van der Waals surface area (Å²) in [6, 6.07) is 6.77. The molecule has 1 aromatic rings. The number of nitrogens with one attached hydrogen (secondary N) is 2. The summed E-state index contributed by atoms with van der Waals surface area (Å²) >= 11 is 0. The van der Waals surface area contributed by atoms with E-state index in [1.54, 1.807) is 0 Å². The van der Waals surface area contributed by atoms with Crippen LogP contribution in [0.1, 0.15) is 68.1 Å². The van der Waals surface area contributed by atoms with Crippen molar-refractivity contribution in [1.82, 2.24) is 10.6 Å². The molecule has 2 amide bonds. The third-order valence-electron chi connectivity index (χ3n) is 5.42. The van der Waals surface area contributed by atoms with Crippen LogP contribution in [0.5, 0.6) is 0 Å². The van der Waals surface area contributed by atoms with Crippen LogP contribution in [-0.4, -0.2) is 24.4 Å². The molecule has 1 aromatic carbocycles. The van der Waals surface area contributed by atoms with Crippen LogP contribution in [0, 0.1) is 0 Å². The predicted molar refractivity (Wildman–Crippen MR) is 99.4 cm³/mol. The van der Waals surface area contributed by atoms with Crippen molar-refractivity contribution in [2.24, 2.45) is 0 Å². The molecule has 0 unspecified atom stereocenters. The smallest absolute Gasteiger partial charge is 0.224 e. The van der Waals surface area contributed by atoms with Crippen LogP contribution >= 0.6 is 0 Å². The van der Waals surface area contributed by atoms with Crippen molar-refractivity contribution in [3.05, 3.63) is 34.9 Å². The van der Waals surface area contributed by atoms with Crippen LogP contribution in [0.15, 0.2) is 18.2 Å². The van der Waals surface area contributed by atoms with Crippen molar-refractivity contribution in [1.29, 1.82) is 0 Å². The van der Waals surface area contributed by atoms with Gasteiger partial charge in [0.25, 0.3) is 0 Å². The van der Waals surface area contributed by atoms with Gasteiger partial charge in [-0.15, -0.1) is 0 Å². The zero-order valence-corrected chi connectivity index (χ0v) is 15.1. The van der Waals surface area contributed by atoms with Gasteiger partial charge in [0, 0.05) is 19.0 Å². The lowest BCUT2D eigenvalue weighted by molar-refractivity contribution is -0.122. The average molecular weight is 342 g/mol. The Morgan fingerprint density at radius 3 is 2.48 bits per heavy atom. The summed E-state index contributed by atoms with van der Waals surface area (Å²) in [5, 5.41) is 5.97. The van der Waals surface area contributed by atoms with Crippen LogP contribution in [0.2, 0.25) is 0 Å². The molecule has 1 fully saturated rings. The van der Waals surface area contributed by atoms with Gasteiger partial charge in [-0.1, -0.05) is 37.5 Å². The van der Waals surface area contributed by atoms with Gasteiger partial charge in [0.2, 0.25) is 11.8 Å². The minimum Gasteiger partial charge on any atom is -0.355 e. The molecule has 0 radical (unpaired) electrons. The fraction of sp³-hybridized carbons (Fsp3) is 0.619. The highest BCUT2D eigenvalue weighted by Gasteiger charge is 2.15. The topological polar surface area (TPSA) is 58.2 Å². The van der Waals surface area contributed by atoms with E-state index in [4.69, 9.17) is 0 Å². The molecule has 0 aliphatic heterocycles.